The predicted octanol–water partition coefficient (Wildman–Crippen LogP) is 2.75. The van der Waals surface area contributed by atoms with Crippen LogP contribution < -0.4 is 9.47 Å². The topological polar surface area (TPSA) is 38.7 Å². The van der Waals surface area contributed by atoms with E-state index in [9.17, 15) is 0 Å². The zero-order valence-electron chi connectivity index (χ0n) is 10.4. The average Bonchev–Trinajstić information content (AvgIpc) is 2.19. The average molecular weight is 224 g/mol. The summed E-state index contributed by atoms with van der Waals surface area (Å²) < 4.78 is 11.3. The Morgan fingerprint density at radius 2 is 1.56 bits per heavy atom. The smallest absolute Gasteiger partial charge is 0.161 e. The number of aliphatic hydroxyl groups excluding tert-OH is 1. The summed E-state index contributed by atoms with van der Waals surface area (Å²) in [6.45, 7) is 7.88. The molecule has 0 bridgehead atoms. The Labute approximate surface area is 97.0 Å². The molecule has 0 unspecified atom stereocenters. The van der Waals surface area contributed by atoms with Gasteiger partial charge in [-0.25, -0.2) is 0 Å². The molecule has 0 aliphatic rings. The van der Waals surface area contributed by atoms with E-state index in [4.69, 9.17) is 14.6 Å². The van der Waals surface area contributed by atoms with Gasteiger partial charge in [0.05, 0.1) is 18.8 Å². The molecule has 0 radical (unpaired) electrons. The van der Waals surface area contributed by atoms with Crippen molar-refractivity contribution in [3.8, 4) is 11.5 Å². The van der Waals surface area contributed by atoms with Crippen LogP contribution in [-0.4, -0.2) is 17.3 Å². The summed E-state index contributed by atoms with van der Waals surface area (Å²) in [6.07, 6.45) is 0.193. The molecular formula is C13H20O3. The Balaban J connectivity index is 2.96. The van der Waals surface area contributed by atoms with E-state index in [2.05, 4.69) is 0 Å². The lowest BCUT2D eigenvalue weighted by Crippen LogP contribution is -2.11. The van der Waals surface area contributed by atoms with Gasteiger partial charge in [-0.05, 0) is 45.4 Å². The number of hydrogen-bond donors (Lipinski definition) is 1. The summed E-state index contributed by atoms with van der Waals surface area (Å²) in [7, 11) is 0. The van der Waals surface area contributed by atoms with Gasteiger partial charge in [0, 0.05) is 0 Å². The summed E-state index contributed by atoms with van der Waals surface area (Å²) in [5.41, 5.74) is 0.826. The number of rotatable bonds is 5. The molecule has 16 heavy (non-hydrogen) atoms. The van der Waals surface area contributed by atoms with Gasteiger partial charge < -0.3 is 14.6 Å². The molecule has 0 aliphatic heterocycles. The van der Waals surface area contributed by atoms with Gasteiger partial charge in [-0.15, -0.1) is 0 Å². The first-order chi connectivity index (χ1) is 7.52. The SMILES string of the molecule is CC(C)Oc1ccc(CO)cc1OC(C)C. The van der Waals surface area contributed by atoms with Crippen LogP contribution >= 0.6 is 0 Å². The molecule has 1 rings (SSSR count). The molecular weight excluding hydrogens is 204 g/mol. The number of hydrogen-bond acceptors (Lipinski definition) is 3. The second-order valence-electron chi connectivity index (χ2n) is 4.27. The van der Waals surface area contributed by atoms with Crippen LogP contribution in [0.2, 0.25) is 0 Å². The predicted molar refractivity (Wildman–Crippen MR) is 63.9 cm³/mol. The lowest BCUT2D eigenvalue weighted by Gasteiger charge is -2.17. The molecule has 1 aromatic rings. The van der Waals surface area contributed by atoms with Crippen molar-refractivity contribution in [1.29, 1.82) is 0 Å². The second kappa shape index (κ2) is 5.75. The minimum absolute atomic E-state index is 0.0103. The number of aliphatic hydroxyl groups is 1. The number of benzene rings is 1. The third-order valence-electron chi connectivity index (χ3n) is 1.92. The van der Waals surface area contributed by atoms with Gasteiger partial charge in [0.25, 0.3) is 0 Å². The van der Waals surface area contributed by atoms with Crippen LogP contribution in [0.1, 0.15) is 33.3 Å². The molecule has 0 atom stereocenters. The molecule has 3 heteroatoms. The highest BCUT2D eigenvalue weighted by molar-refractivity contribution is 5.43. The third kappa shape index (κ3) is 3.74. The van der Waals surface area contributed by atoms with Gasteiger partial charge in [0.15, 0.2) is 11.5 Å². The molecule has 0 heterocycles. The first-order valence-electron chi connectivity index (χ1n) is 5.60. The van der Waals surface area contributed by atoms with Gasteiger partial charge in [-0.2, -0.15) is 0 Å². The molecule has 0 aliphatic carbocycles. The minimum atomic E-state index is 0.0103. The van der Waals surface area contributed by atoms with Crippen LogP contribution in [0.15, 0.2) is 18.2 Å². The molecule has 0 saturated carbocycles. The molecule has 0 saturated heterocycles. The van der Waals surface area contributed by atoms with Crippen molar-refractivity contribution in [3.63, 3.8) is 0 Å². The largest absolute Gasteiger partial charge is 0.487 e. The van der Waals surface area contributed by atoms with Crippen LogP contribution in [0.25, 0.3) is 0 Å². The zero-order chi connectivity index (χ0) is 12.1. The summed E-state index contributed by atoms with van der Waals surface area (Å²) in [5, 5.41) is 9.07. The summed E-state index contributed by atoms with van der Waals surface area (Å²) in [4.78, 5) is 0. The minimum Gasteiger partial charge on any atom is -0.487 e. The van der Waals surface area contributed by atoms with Crippen molar-refractivity contribution >= 4 is 0 Å². The summed E-state index contributed by atoms with van der Waals surface area (Å²) in [5.74, 6) is 1.41. The van der Waals surface area contributed by atoms with E-state index in [1.165, 1.54) is 0 Å². The van der Waals surface area contributed by atoms with Gasteiger partial charge in [-0.1, -0.05) is 6.07 Å². The molecule has 0 aromatic heterocycles. The monoisotopic (exact) mass is 224 g/mol. The first kappa shape index (κ1) is 12.8. The van der Waals surface area contributed by atoms with Crippen molar-refractivity contribution in [3.05, 3.63) is 23.8 Å². The maximum atomic E-state index is 9.07. The Kier molecular flexibility index (Phi) is 4.62. The fraction of sp³-hybridized carbons (Fsp3) is 0.538. The van der Waals surface area contributed by atoms with Gasteiger partial charge in [-0.3, -0.25) is 0 Å². The van der Waals surface area contributed by atoms with Gasteiger partial charge in [0.2, 0.25) is 0 Å². The van der Waals surface area contributed by atoms with Crippen molar-refractivity contribution in [2.45, 2.75) is 46.5 Å². The van der Waals surface area contributed by atoms with Crippen molar-refractivity contribution in [2.75, 3.05) is 0 Å². The van der Waals surface area contributed by atoms with Crippen LogP contribution in [-0.2, 0) is 6.61 Å². The van der Waals surface area contributed by atoms with Crippen molar-refractivity contribution in [1.82, 2.24) is 0 Å². The molecule has 90 valence electrons. The van der Waals surface area contributed by atoms with Gasteiger partial charge in [0.1, 0.15) is 0 Å². The normalized spacial score (nSPS) is 10.9. The Hall–Kier alpha value is -1.22. The van der Waals surface area contributed by atoms with E-state index in [0.29, 0.717) is 5.75 Å². The molecule has 0 amide bonds. The van der Waals surface area contributed by atoms with Crippen LogP contribution in [0.3, 0.4) is 0 Å². The van der Waals surface area contributed by atoms with E-state index in [-0.39, 0.29) is 18.8 Å². The van der Waals surface area contributed by atoms with Crippen LogP contribution in [0, 0.1) is 0 Å². The van der Waals surface area contributed by atoms with Crippen molar-refractivity contribution in [2.24, 2.45) is 0 Å². The maximum Gasteiger partial charge on any atom is 0.161 e. The zero-order valence-corrected chi connectivity index (χ0v) is 10.4. The van der Waals surface area contributed by atoms with E-state index >= 15 is 0 Å². The molecule has 1 aromatic carbocycles. The van der Waals surface area contributed by atoms with Crippen LogP contribution in [0.4, 0.5) is 0 Å². The quantitative estimate of drug-likeness (QED) is 0.835. The molecule has 1 N–H and O–H groups in total. The fourth-order valence-electron chi connectivity index (χ4n) is 1.35. The van der Waals surface area contributed by atoms with E-state index in [1.807, 2.05) is 45.9 Å². The molecule has 0 spiro atoms. The molecule has 0 fully saturated rings. The highest BCUT2D eigenvalue weighted by atomic mass is 16.5. The summed E-state index contributed by atoms with van der Waals surface area (Å²) in [6, 6.07) is 5.49. The number of ether oxygens (including phenoxy) is 2. The Morgan fingerprint density at radius 3 is 2.06 bits per heavy atom. The first-order valence-corrected chi connectivity index (χ1v) is 5.60. The lowest BCUT2D eigenvalue weighted by atomic mass is 10.2. The standard InChI is InChI=1S/C13H20O3/c1-9(2)15-12-6-5-11(8-14)7-13(12)16-10(3)4/h5-7,9-10,14H,8H2,1-4H3. The van der Waals surface area contributed by atoms with Crippen molar-refractivity contribution < 1.29 is 14.6 Å². The Morgan fingerprint density at radius 1 is 1.00 bits per heavy atom. The fourth-order valence-corrected chi connectivity index (χ4v) is 1.35. The van der Waals surface area contributed by atoms with E-state index in [0.717, 1.165) is 11.3 Å². The third-order valence-corrected chi connectivity index (χ3v) is 1.92. The van der Waals surface area contributed by atoms with E-state index < -0.39 is 0 Å². The van der Waals surface area contributed by atoms with Crippen LogP contribution in [0.5, 0.6) is 11.5 Å². The maximum absolute atomic E-state index is 9.07. The highest BCUT2D eigenvalue weighted by Gasteiger charge is 2.09. The second-order valence-corrected chi connectivity index (χ2v) is 4.27. The van der Waals surface area contributed by atoms with E-state index in [1.54, 1.807) is 0 Å². The Bertz CT molecular complexity index is 332. The van der Waals surface area contributed by atoms with Gasteiger partial charge >= 0.3 is 0 Å². The molecule has 3 nitrogen and oxygen atoms in total. The summed E-state index contributed by atoms with van der Waals surface area (Å²) >= 11 is 0. The highest BCUT2D eigenvalue weighted by Crippen LogP contribution is 2.30. The lowest BCUT2D eigenvalue weighted by molar-refractivity contribution is 0.198.